The Morgan fingerprint density at radius 1 is 1.50 bits per heavy atom. The number of aromatic nitrogens is 1. The van der Waals surface area contributed by atoms with Crippen LogP contribution in [0.1, 0.15) is 10.4 Å². The van der Waals surface area contributed by atoms with Gasteiger partial charge in [-0.25, -0.2) is 4.98 Å². The number of thiazole rings is 1. The SMILES string of the molecule is O=Cc1c(O)ccc2ncsc12. The molecule has 0 saturated heterocycles. The van der Waals surface area contributed by atoms with Crippen LogP contribution in [-0.2, 0) is 0 Å². The summed E-state index contributed by atoms with van der Waals surface area (Å²) in [4.78, 5) is 14.6. The third-order valence-corrected chi connectivity index (χ3v) is 2.51. The van der Waals surface area contributed by atoms with Gasteiger partial charge in [0.05, 0.1) is 21.3 Å². The highest BCUT2D eigenvalue weighted by Gasteiger charge is 2.06. The number of phenolic OH excluding ortho intramolecular Hbond substituents is 1. The van der Waals surface area contributed by atoms with Crippen LogP contribution in [0.3, 0.4) is 0 Å². The van der Waals surface area contributed by atoms with Gasteiger partial charge in [-0.1, -0.05) is 0 Å². The lowest BCUT2D eigenvalue weighted by molar-refractivity contribution is 0.112. The van der Waals surface area contributed by atoms with Crippen LogP contribution in [0.2, 0.25) is 0 Å². The molecule has 0 fully saturated rings. The lowest BCUT2D eigenvalue weighted by Gasteiger charge is -1.95. The van der Waals surface area contributed by atoms with Gasteiger partial charge in [0.2, 0.25) is 0 Å². The number of aldehydes is 1. The van der Waals surface area contributed by atoms with E-state index < -0.39 is 0 Å². The lowest BCUT2D eigenvalue weighted by Crippen LogP contribution is -1.80. The number of rotatable bonds is 1. The molecule has 0 bridgehead atoms. The van der Waals surface area contributed by atoms with Gasteiger partial charge in [-0.2, -0.15) is 0 Å². The molecule has 0 saturated carbocycles. The van der Waals surface area contributed by atoms with Gasteiger partial charge in [-0.15, -0.1) is 11.3 Å². The van der Waals surface area contributed by atoms with Crippen LogP contribution in [0.5, 0.6) is 5.75 Å². The topological polar surface area (TPSA) is 50.2 Å². The maximum absolute atomic E-state index is 10.6. The average Bonchev–Trinajstić information content (AvgIpc) is 2.52. The van der Waals surface area contributed by atoms with Gasteiger partial charge in [0.25, 0.3) is 0 Å². The molecule has 1 N–H and O–H groups in total. The molecular weight excluding hydrogens is 174 g/mol. The smallest absolute Gasteiger partial charge is 0.155 e. The quantitative estimate of drug-likeness (QED) is 0.679. The summed E-state index contributed by atoms with van der Waals surface area (Å²) in [7, 11) is 0. The number of hydrogen-bond acceptors (Lipinski definition) is 4. The predicted octanol–water partition coefficient (Wildman–Crippen LogP) is 1.81. The van der Waals surface area contributed by atoms with E-state index in [1.807, 2.05) is 0 Å². The Bertz CT molecular complexity index is 436. The lowest BCUT2D eigenvalue weighted by atomic mass is 10.2. The van der Waals surface area contributed by atoms with Crippen LogP contribution in [-0.4, -0.2) is 16.4 Å². The Kier molecular flexibility index (Phi) is 1.55. The van der Waals surface area contributed by atoms with E-state index >= 15 is 0 Å². The number of aromatic hydroxyl groups is 1. The van der Waals surface area contributed by atoms with Crippen molar-refractivity contribution in [1.82, 2.24) is 4.98 Å². The van der Waals surface area contributed by atoms with Crippen molar-refractivity contribution in [2.45, 2.75) is 0 Å². The van der Waals surface area contributed by atoms with Gasteiger partial charge >= 0.3 is 0 Å². The molecule has 12 heavy (non-hydrogen) atoms. The fraction of sp³-hybridized carbons (Fsp3) is 0. The molecular formula is C8H5NO2S. The van der Waals surface area contributed by atoms with E-state index in [2.05, 4.69) is 4.98 Å². The Morgan fingerprint density at radius 3 is 3.08 bits per heavy atom. The molecule has 0 unspecified atom stereocenters. The Hall–Kier alpha value is -1.42. The highest BCUT2D eigenvalue weighted by atomic mass is 32.1. The van der Waals surface area contributed by atoms with E-state index in [4.69, 9.17) is 0 Å². The molecule has 4 heteroatoms. The van der Waals surface area contributed by atoms with E-state index in [0.717, 1.165) is 10.2 Å². The van der Waals surface area contributed by atoms with Crippen LogP contribution in [0.25, 0.3) is 10.2 Å². The van der Waals surface area contributed by atoms with Crippen LogP contribution in [0.15, 0.2) is 17.6 Å². The van der Waals surface area contributed by atoms with Crippen LogP contribution in [0.4, 0.5) is 0 Å². The summed E-state index contributed by atoms with van der Waals surface area (Å²) in [6.07, 6.45) is 0.649. The molecule has 60 valence electrons. The van der Waals surface area contributed by atoms with Gasteiger partial charge in [-0.05, 0) is 12.1 Å². The highest BCUT2D eigenvalue weighted by molar-refractivity contribution is 7.17. The maximum atomic E-state index is 10.6. The molecule has 1 aromatic heterocycles. The first-order valence-corrected chi connectivity index (χ1v) is 4.21. The summed E-state index contributed by atoms with van der Waals surface area (Å²) >= 11 is 1.35. The molecule has 0 radical (unpaired) electrons. The second-order valence-electron chi connectivity index (χ2n) is 2.32. The summed E-state index contributed by atoms with van der Waals surface area (Å²) in [6.45, 7) is 0. The maximum Gasteiger partial charge on any atom is 0.155 e. The first kappa shape index (κ1) is 7.24. The van der Waals surface area contributed by atoms with Crippen molar-refractivity contribution in [2.75, 3.05) is 0 Å². The summed E-state index contributed by atoms with van der Waals surface area (Å²) < 4.78 is 0.741. The first-order valence-electron chi connectivity index (χ1n) is 3.33. The number of hydrogen-bond donors (Lipinski definition) is 1. The monoisotopic (exact) mass is 179 g/mol. The van der Waals surface area contributed by atoms with Crippen LogP contribution in [0, 0.1) is 0 Å². The van der Waals surface area contributed by atoms with E-state index in [1.54, 1.807) is 11.6 Å². The van der Waals surface area contributed by atoms with E-state index in [1.165, 1.54) is 17.4 Å². The largest absolute Gasteiger partial charge is 0.507 e. The number of fused-ring (bicyclic) bond motifs is 1. The molecule has 2 aromatic rings. The zero-order chi connectivity index (χ0) is 8.55. The van der Waals surface area contributed by atoms with Crippen molar-refractivity contribution in [3.05, 3.63) is 23.2 Å². The van der Waals surface area contributed by atoms with E-state index in [0.29, 0.717) is 11.8 Å². The molecule has 0 atom stereocenters. The number of nitrogens with zero attached hydrogens (tertiary/aromatic N) is 1. The van der Waals surface area contributed by atoms with Gasteiger partial charge in [0.15, 0.2) is 6.29 Å². The van der Waals surface area contributed by atoms with Crippen LogP contribution >= 0.6 is 11.3 Å². The van der Waals surface area contributed by atoms with Gasteiger partial charge in [-0.3, -0.25) is 4.79 Å². The molecule has 3 nitrogen and oxygen atoms in total. The molecule has 2 rings (SSSR count). The number of phenols is 1. The fourth-order valence-corrected chi connectivity index (χ4v) is 1.85. The van der Waals surface area contributed by atoms with Gasteiger partial charge in [0.1, 0.15) is 5.75 Å². The summed E-state index contributed by atoms with van der Waals surface area (Å²) in [5.41, 5.74) is 2.73. The molecule has 1 heterocycles. The Morgan fingerprint density at radius 2 is 2.33 bits per heavy atom. The molecule has 0 aliphatic heterocycles. The minimum absolute atomic E-state index is 0.0155. The summed E-state index contributed by atoms with van der Waals surface area (Å²) in [6, 6.07) is 3.17. The highest BCUT2D eigenvalue weighted by Crippen LogP contribution is 2.27. The molecule has 0 aliphatic rings. The second-order valence-corrected chi connectivity index (χ2v) is 3.17. The predicted molar refractivity (Wildman–Crippen MR) is 46.7 cm³/mol. The second kappa shape index (κ2) is 2.57. The fourth-order valence-electron chi connectivity index (χ4n) is 1.05. The van der Waals surface area contributed by atoms with E-state index in [9.17, 15) is 9.90 Å². The van der Waals surface area contributed by atoms with Crippen molar-refractivity contribution in [1.29, 1.82) is 0 Å². The zero-order valence-electron chi connectivity index (χ0n) is 6.02. The first-order chi connectivity index (χ1) is 5.83. The van der Waals surface area contributed by atoms with Crippen molar-refractivity contribution in [3.8, 4) is 5.75 Å². The summed E-state index contributed by atoms with van der Waals surface area (Å²) in [5, 5.41) is 9.27. The zero-order valence-corrected chi connectivity index (χ0v) is 6.84. The van der Waals surface area contributed by atoms with Crippen molar-refractivity contribution in [3.63, 3.8) is 0 Å². The Labute approximate surface area is 72.3 Å². The third-order valence-electron chi connectivity index (χ3n) is 1.63. The van der Waals surface area contributed by atoms with Gasteiger partial charge < -0.3 is 5.11 Å². The van der Waals surface area contributed by atoms with E-state index in [-0.39, 0.29) is 5.75 Å². The number of benzene rings is 1. The van der Waals surface area contributed by atoms with Crippen molar-refractivity contribution >= 4 is 27.8 Å². The number of carbonyl (C=O) groups excluding carboxylic acids is 1. The molecule has 1 aromatic carbocycles. The van der Waals surface area contributed by atoms with Gasteiger partial charge in [0, 0.05) is 0 Å². The van der Waals surface area contributed by atoms with Crippen LogP contribution < -0.4 is 0 Å². The minimum Gasteiger partial charge on any atom is -0.507 e. The summed E-state index contributed by atoms with van der Waals surface area (Å²) in [5.74, 6) is 0.0155. The normalized spacial score (nSPS) is 10.3. The number of carbonyl (C=O) groups is 1. The van der Waals surface area contributed by atoms with Crippen molar-refractivity contribution < 1.29 is 9.90 Å². The average molecular weight is 179 g/mol. The standard InChI is InChI=1S/C8H5NO2S/c10-3-5-7(11)2-1-6-8(5)12-4-9-6/h1-4,11H. The Balaban J connectivity index is 2.91. The molecule has 0 amide bonds. The molecule has 0 spiro atoms. The van der Waals surface area contributed by atoms with Crippen molar-refractivity contribution in [2.24, 2.45) is 0 Å². The minimum atomic E-state index is 0.0155. The molecule has 0 aliphatic carbocycles. The third kappa shape index (κ3) is 0.887.